The Labute approximate surface area is 395 Å². The first kappa shape index (κ1) is 56.4. The Morgan fingerprint density at radius 1 is 0.638 bits per heavy atom. The number of hydrogen-bond acceptors (Lipinski definition) is 23. The van der Waals surface area contributed by atoms with E-state index in [0.717, 1.165) is 0 Å². The fourth-order valence-electron chi connectivity index (χ4n) is 6.54. The van der Waals surface area contributed by atoms with Crippen LogP contribution in [0, 0.1) is 0 Å². The molecule has 2 aromatic rings. The van der Waals surface area contributed by atoms with Crippen LogP contribution in [0.15, 0.2) is 36.4 Å². The number of amides is 2. The van der Waals surface area contributed by atoms with Crippen LogP contribution in [0.25, 0.3) is 0 Å². The fraction of sp³-hybridized carbons (Fsp3) is 0.605. The van der Waals surface area contributed by atoms with Crippen molar-refractivity contribution >= 4 is 29.7 Å². The van der Waals surface area contributed by atoms with Crippen LogP contribution in [-0.2, 0) is 65.6 Å². The molecule has 2 heterocycles. The average Bonchev–Trinajstić information content (AvgIpc) is 3.32. The van der Waals surface area contributed by atoms with Crippen LogP contribution in [0.3, 0.4) is 0 Å². The highest BCUT2D eigenvalue weighted by Crippen LogP contribution is 2.29. The summed E-state index contributed by atoms with van der Waals surface area (Å²) in [7, 11) is 0. The van der Waals surface area contributed by atoms with E-state index in [-0.39, 0.29) is 95.2 Å². The van der Waals surface area contributed by atoms with Crippen molar-refractivity contribution in [3.8, 4) is 11.5 Å². The number of carboxylic acid groups (broad SMARTS) is 1. The lowest BCUT2D eigenvalue weighted by molar-refractivity contribution is -0.271. The van der Waals surface area contributed by atoms with Crippen molar-refractivity contribution in [1.29, 1.82) is 0 Å². The normalized spacial score (nSPS) is 23.5. The molecule has 0 bridgehead atoms. The zero-order valence-electron chi connectivity index (χ0n) is 38.0. The Morgan fingerprint density at radius 2 is 1.12 bits per heavy atom. The molecule has 9 atom stereocenters. The summed E-state index contributed by atoms with van der Waals surface area (Å²) >= 11 is 0. The third kappa shape index (κ3) is 18.3. The van der Waals surface area contributed by atoms with Gasteiger partial charge in [0, 0.05) is 46.6 Å². The van der Waals surface area contributed by atoms with Crippen LogP contribution in [-0.4, -0.2) is 211 Å². The number of ether oxygens (including phenoxy) is 9. The van der Waals surface area contributed by atoms with Gasteiger partial charge in [0.2, 0.25) is 12.6 Å². The summed E-state index contributed by atoms with van der Waals surface area (Å²) in [5, 5.41) is 75.8. The third-order valence-electron chi connectivity index (χ3n) is 10.3. The topological polar surface area (TPSA) is 373 Å². The van der Waals surface area contributed by atoms with Gasteiger partial charge < -0.3 is 93.8 Å². The minimum atomic E-state index is -1.96. The number of aliphatic carboxylic acids is 1. The number of esters is 2. The number of benzene rings is 2. The third-order valence-corrected chi connectivity index (χ3v) is 10.3. The molecule has 0 spiro atoms. The maximum Gasteiger partial charge on any atom is 0.335 e. The van der Waals surface area contributed by atoms with E-state index in [1.54, 1.807) is 6.07 Å². The second-order valence-corrected chi connectivity index (χ2v) is 15.5. The molecule has 11 N–H and O–H groups in total. The Morgan fingerprint density at radius 3 is 1.59 bits per heavy atom. The molecule has 0 radical (unpaired) electrons. The molecule has 2 saturated heterocycles. The molecule has 26 nitrogen and oxygen atoms in total. The van der Waals surface area contributed by atoms with E-state index in [4.69, 9.17) is 48.5 Å². The molecular formula is C43H62N4O22. The van der Waals surface area contributed by atoms with Crippen molar-refractivity contribution in [1.82, 2.24) is 15.5 Å². The van der Waals surface area contributed by atoms with Gasteiger partial charge in [-0.05, 0) is 35.4 Å². The maximum absolute atomic E-state index is 13.4. The second kappa shape index (κ2) is 29.1. The van der Waals surface area contributed by atoms with Crippen LogP contribution < -0.4 is 26.0 Å². The molecule has 2 fully saturated rings. The van der Waals surface area contributed by atoms with Gasteiger partial charge in [-0.2, -0.15) is 0 Å². The summed E-state index contributed by atoms with van der Waals surface area (Å²) in [6.45, 7) is 4.51. The van der Waals surface area contributed by atoms with E-state index in [1.807, 2.05) is 4.90 Å². The molecule has 0 saturated carbocycles. The van der Waals surface area contributed by atoms with Gasteiger partial charge in [0.05, 0.1) is 64.0 Å². The molecule has 2 aromatic carbocycles. The average molecular weight is 987 g/mol. The van der Waals surface area contributed by atoms with Crippen molar-refractivity contribution in [2.24, 2.45) is 5.90 Å². The molecule has 0 aliphatic carbocycles. The van der Waals surface area contributed by atoms with Crippen molar-refractivity contribution in [3.05, 3.63) is 58.7 Å². The van der Waals surface area contributed by atoms with E-state index >= 15 is 0 Å². The van der Waals surface area contributed by atoms with Gasteiger partial charge in [0.1, 0.15) is 61.3 Å². The highest BCUT2D eigenvalue weighted by Gasteiger charge is 2.48. The van der Waals surface area contributed by atoms with Crippen LogP contribution in [0.1, 0.15) is 45.7 Å². The lowest BCUT2D eigenvalue weighted by Crippen LogP contribution is -2.61. The number of nitrogens with two attached hydrogens (primary N) is 1. The molecule has 2 aliphatic rings. The van der Waals surface area contributed by atoms with Gasteiger partial charge in [0.15, 0.2) is 6.10 Å². The number of rotatable bonds is 29. The molecule has 4 rings (SSSR count). The molecule has 2 aliphatic heterocycles. The Kier molecular flexibility index (Phi) is 23.8. The highest BCUT2D eigenvalue weighted by atomic mass is 16.7. The van der Waals surface area contributed by atoms with Gasteiger partial charge >= 0.3 is 17.9 Å². The minimum absolute atomic E-state index is 0.00566. The largest absolute Gasteiger partial charge is 0.479 e. The van der Waals surface area contributed by atoms with Gasteiger partial charge in [0.25, 0.3) is 11.8 Å². The predicted octanol–water partition coefficient (Wildman–Crippen LogP) is -3.70. The molecule has 69 heavy (non-hydrogen) atoms. The zero-order chi connectivity index (χ0) is 50.5. The van der Waals surface area contributed by atoms with Crippen LogP contribution in [0.5, 0.6) is 11.5 Å². The Hall–Kier alpha value is -5.17. The second-order valence-electron chi connectivity index (χ2n) is 15.5. The van der Waals surface area contributed by atoms with Crippen molar-refractivity contribution < 1.29 is 107 Å². The smallest absolute Gasteiger partial charge is 0.335 e. The molecule has 0 unspecified atom stereocenters. The summed E-state index contributed by atoms with van der Waals surface area (Å²) in [5.74, 6) is 0.869. The van der Waals surface area contributed by atoms with Crippen molar-refractivity contribution in [2.75, 3.05) is 85.6 Å². The molecule has 0 aromatic heterocycles. The number of aliphatic hydroxyl groups excluding tert-OH is 6. The number of aliphatic hydroxyl groups is 6. The Bertz CT molecular complexity index is 1960. The van der Waals surface area contributed by atoms with Crippen molar-refractivity contribution in [3.63, 3.8) is 0 Å². The van der Waals surface area contributed by atoms with Crippen LogP contribution in [0.2, 0.25) is 0 Å². The summed E-state index contributed by atoms with van der Waals surface area (Å²) in [6, 6.07) is 8.51. The monoisotopic (exact) mass is 986 g/mol. The highest BCUT2D eigenvalue weighted by molar-refractivity contribution is 5.97. The van der Waals surface area contributed by atoms with Gasteiger partial charge in [-0.3, -0.25) is 24.1 Å². The van der Waals surface area contributed by atoms with Gasteiger partial charge in [-0.1, -0.05) is 12.1 Å². The Balaban J connectivity index is 1.27. The minimum Gasteiger partial charge on any atom is -0.479 e. The van der Waals surface area contributed by atoms with E-state index in [1.165, 1.54) is 44.2 Å². The molecular weight excluding hydrogens is 924 g/mol. The number of nitrogens with one attached hydrogen (secondary N) is 2. The fourth-order valence-corrected chi connectivity index (χ4v) is 6.54. The number of carboxylic acids is 1. The van der Waals surface area contributed by atoms with Gasteiger partial charge in [-0.15, -0.1) is 0 Å². The molecule has 26 heteroatoms. The maximum atomic E-state index is 13.4. The van der Waals surface area contributed by atoms with E-state index in [0.29, 0.717) is 37.4 Å². The molecule has 386 valence electrons. The van der Waals surface area contributed by atoms with E-state index in [2.05, 4.69) is 15.5 Å². The summed E-state index contributed by atoms with van der Waals surface area (Å²) < 4.78 is 49.1. The van der Waals surface area contributed by atoms with Crippen LogP contribution >= 0.6 is 0 Å². The van der Waals surface area contributed by atoms with Gasteiger partial charge in [-0.25, -0.2) is 10.7 Å². The summed E-state index contributed by atoms with van der Waals surface area (Å²) in [4.78, 5) is 67.7. The first-order chi connectivity index (χ1) is 33.0. The lowest BCUT2D eigenvalue weighted by Gasteiger charge is -2.38. The predicted molar refractivity (Wildman–Crippen MR) is 231 cm³/mol. The quantitative estimate of drug-likeness (QED) is 0.0213. The van der Waals surface area contributed by atoms with Crippen LogP contribution in [0.4, 0.5) is 0 Å². The first-order valence-corrected chi connectivity index (χ1v) is 21.8. The number of nitrogens with zero attached hydrogens (tertiary/aromatic N) is 1. The van der Waals surface area contributed by atoms with Crippen molar-refractivity contribution in [2.45, 2.75) is 82.4 Å². The number of carbonyl (C=O) groups is 5. The SMILES string of the molecule is CC(=O)OCc1ccc(O[C@@H]2O[C@H](C(=O)O)[C@@H](O)[C@H](O)[C@H]2O)c(C(=O)NCCOCCN(CCOCCNC(=O)c2cc(COC(C)=O)ccc2O[C@@H]2OC[C@@H](O)[C@H](O)[C@H]2O)CCOCCON)c1. The first-order valence-electron chi connectivity index (χ1n) is 21.8. The standard InChI is InChI=1S/C43H62N4O22/c1-24(48)63-21-26-3-5-31(67-42-36(54)33(51)30(50)23-65-42)28(19-26)39(56)45-7-12-60-14-9-47(11-16-62-17-18-66-44)10-15-61-13-8-46-40(57)29-20-27(22-64-25(2)49)4-6-32(29)68-43-37(55)34(52)35(53)38(69-43)41(58)59/h3-6,19-20,30,33-38,42-43,50-55H,7-18,21-23,44H2,1-2H3,(H,45,56)(H,46,57)(H,58,59)/t30-,33+,34+,35+,36-,37-,38+,42+,43-/m1/s1. The number of hydrogen-bond donors (Lipinski definition) is 10. The summed E-state index contributed by atoms with van der Waals surface area (Å²) in [5.41, 5.74) is 0.740. The summed E-state index contributed by atoms with van der Waals surface area (Å²) in [6.07, 6.45) is -15.4. The van der Waals surface area contributed by atoms with E-state index in [9.17, 15) is 59.7 Å². The molecule has 2 amide bonds. The lowest BCUT2D eigenvalue weighted by atomic mass is 9.99. The van der Waals surface area contributed by atoms with E-state index < -0.39 is 85.0 Å². The zero-order valence-corrected chi connectivity index (χ0v) is 38.0. The number of carbonyl (C=O) groups excluding carboxylic acids is 4.